The molecule has 21 heteroatoms. The third kappa shape index (κ3) is 14.2. The molecule has 8 N–H and O–H groups in total. The number of amides is 4. The lowest BCUT2D eigenvalue weighted by Crippen LogP contribution is -2.69. The zero-order chi connectivity index (χ0) is 44.0. The second kappa shape index (κ2) is 22.6. The van der Waals surface area contributed by atoms with Gasteiger partial charge in [0, 0.05) is 17.8 Å². The molecule has 0 aliphatic carbocycles. The van der Waals surface area contributed by atoms with Crippen LogP contribution in [0.4, 0.5) is 47.3 Å². The van der Waals surface area contributed by atoms with Gasteiger partial charge in [-0.25, -0.2) is 9.59 Å². The summed E-state index contributed by atoms with van der Waals surface area (Å²) in [6.07, 6.45) is -15.6. The zero-order valence-electron chi connectivity index (χ0n) is 32.7. The molecule has 60 heavy (non-hydrogen) atoms. The van der Waals surface area contributed by atoms with Crippen molar-refractivity contribution in [3.05, 3.63) is 59.7 Å². The van der Waals surface area contributed by atoms with Crippen LogP contribution in [0.1, 0.15) is 75.8 Å². The van der Waals surface area contributed by atoms with Crippen molar-refractivity contribution in [3.63, 3.8) is 0 Å². The molecule has 336 valence electrons. The molecule has 0 radical (unpaired) electrons. The lowest BCUT2D eigenvalue weighted by atomic mass is 9.94. The van der Waals surface area contributed by atoms with Crippen LogP contribution in [0.15, 0.2) is 48.5 Å². The fourth-order valence-electron chi connectivity index (χ4n) is 6.81. The molecule has 0 bridgehead atoms. The first-order chi connectivity index (χ1) is 28.4. The molecule has 2 aliphatic rings. The van der Waals surface area contributed by atoms with Crippen molar-refractivity contribution in [1.29, 1.82) is 0 Å². The first-order valence-corrected chi connectivity index (χ1v) is 19.6. The molecule has 2 aromatic carbocycles. The van der Waals surface area contributed by atoms with E-state index in [1.165, 1.54) is 6.07 Å². The molecule has 2 saturated heterocycles. The number of rotatable bonds is 18. The van der Waals surface area contributed by atoms with Gasteiger partial charge in [0.2, 0.25) is 5.91 Å². The Morgan fingerprint density at radius 2 is 1.32 bits per heavy atom. The number of aliphatic hydroxyl groups is 4. The maximum absolute atomic E-state index is 13.4. The van der Waals surface area contributed by atoms with E-state index in [1.807, 2.05) is 0 Å². The van der Waals surface area contributed by atoms with Gasteiger partial charge in [0.15, 0.2) is 12.4 Å². The molecule has 9 atom stereocenters. The minimum absolute atomic E-state index is 0.0311. The number of halogens is 6. The number of aliphatic hydroxyl groups excluding tert-OH is 4. The monoisotopic (exact) mass is 866 g/mol. The fourth-order valence-corrected chi connectivity index (χ4v) is 6.81. The topological polar surface area (TPSA) is 217 Å². The molecule has 0 saturated carbocycles. The van der Waals surface area contributed by atoms with Crippen molar-refractivity contribution in [2.45, 2.75) is 132 Å². The first kappa shape index (κ1) is 48.4. The number of ether oxygens (including phenoxy) is 4. The lowest BCUT2D eigenvalue weighted by molar-refractivity contribution is -0.319. The van der Waals surface area contributed by atoms with Crippen LogP contribution in [-0.2, 0) is 36.1 Å². The highest BCUT2D eigenvalue weighted by molar-refractivity contribution is 5.89. The molecular formula is C39H52F6N4O11. The Kier molecular flexibility index (Phi) is 18.2. The molecule has 0 spiro atoms. The van der Waals surface area contributed by atoms with E-state index in [0.29, 0.717) is 18.6 Å². The van der Waals surface area contributed by atoms with Crippen LogP contribution < -0.4 is 21.3 Å². The van der Waals surface area contributed by atoms with Crippen LogP contribution in [0.25, 0.3) is 0 Å². The van der Waals surface area contributed by atoms with E-state index >= 15 is 0 Å². The van der Waals surface area contributed by atoms with E-state index in [9.17, 15) is 61.2 Å². The van der Waals surface area contributed by atoms with Gasteiger partial charge in [-0.2, -0.15) is 26.3 Å². The van der Waals surface area contributed by atoms with Gasteiger partial charge in [-0.15, -0.1) is 0 Å². The van der Waals surface area contributed by atoms with Crippen LogP contribution in [0, 0.1) is 0 Å². The van der Waals surface area contributed by atoms with Gasteiger partial charge in [-0.05, 0) is 42.8 Å². The van der Waals surface area contributed by atoms with Crippen molar-refractivity contribution < 1.29 is 80.1 Å². The van der Waals surface area contributed by atoms with Gasteiger partial charge < -0.3 is 55.3 Å². The molecule has 4 rings (SSSR count). The number of alkyl halides is 6. The summed E-state index contributed by atoms with van der Waals surface area (Å²) in [6.45, 7) is 0.0472. The quantitative estimate of drug-likeness (QED) is 0.0732. The molecule has 2 fully saturated rings. The fraction of sp³-hybridized carbons (Fsp3) is 0.615. The minimum Gasteiger partial charge on any atom is -0.438 e. The number of benzene rings is 2. The van der Waals surface area contributed by atoms with Crippen LogP contribution >= 0.6 is 0 Å². The van der Waals surface area contributed by atoms with Crippen LogP contribution in [0.2, 0.25) is 0 Å². The molecule has 4 amide bonds. The van der Waals surface area contributed by atoms with Crippen molar-refractivity contribution >= 4 is 29.4 Å². The Hall–Kier alpha value is -4.25. The Morgan fingerprint density at radius 3 is 1.88 bits per heavy atom. The van der Waals surface area contributed by atoms with Gasteiger partial charge in [-0.3, -0.25) is 10.1 Å². The Bertz CT molecular complexity index is 1690. The number of carbonyl (C=O) groups is 3. The maximum atomic E-state index is 13.4. The highest BCUT2D eigenvalue weighted by Crippen LogP contribution is 2.33. The predicted molar refractivity (Wildman–Crippen MR) is 201 cm³/mol. The third-order valence-corrected chi connectivity index (χ3v) is 9.97. The molecular weight excluding hydrogens is 814 g/mol. The molecule has 15 nitrogen and oxygen atoms in total. The maximum Gasteiger partial charge on any atom is 0.416 e. The van der Waals surface area contributed by atoms with E-state index in [0.717, 1.165) is 75.3 Å². The van der Waals surface area contributed by atoms with E-state index in [4.69, 9.17) is 18.9 Å². The molecule has 2 aromatic rings. The Morgan fingerprint density at radius 1 is 0.750 bits per heavy atom. The van der Waals surface area contributed by atoms with E-state index in [-0.39, 0.29) is 17.8 Å². The summed E-state index contributed by atoms with van der Waals surface area (Å²) in [7, 11) is 0. The average Bonchev–Trinajstić information content (AvgIpc) is 3.19. The Balaban J connectivity index is 1.59. The van der Waals surface area contributed by atoms with Crippen LogP contribution in [0.5, 0.6) is 0 Å². The predicted octanol–water partition coefficient (Wildman–Crippen LogP) is 5.06. The Labute approximate surface area is 342 Å². The standard InChI is InChI=1S/C39H52F6N4O11/c1-2-3-4-5-6-7-8-9-16-29(52)49-30-27(19-50)57-21-26(48-36(55)46-24-14-10-12-22(17-24)38(40,41)42)33(30)59-35-34(32(54)31(53)28(20-51)58-35)60-37(56)47-25-15-11-13-23(18-25)39(43,44)45/h10-15,17-18,26-28,30-35,50-51,53-54H,2-9,16,19-21H2,1H3,(H,47,56)(H,49,52)(H2,46,48,55)/t26?,27?,28?,30-,31-,32?,33?,34?,35+/m0/s1. The summed E-state index contributed by atoms with van der Waals surface area (Å²) < 4.78 is 103. The van der Waals surface area contributed by atoms with Gasteiger partial charge in [0.05, 0.1) is 43.0 Å². The summed E-state index contributed by atoms with van der Waals surface area (Å²) in [6, 6.07) is 3.52. The lowest BCUT2D eigenvalue weighted by Gasteiger charge is -2.47. The van der Waals surface area contributed by atoms with E-state index < -0.39 is 116 Å². The van der Waals surface area contributed by atoms with E-state index in [1.54, 1.807) is 0 Å². The number of hydrogen-bond acceptors (Lipinski definition) is 11. The number of nitrogens with one attached hydrogen (secondary N) is 4. The van der Waals surface area contributed by atoms with E-state index in [2.05, 4.69) is 28.2 Å². The largest absolute Gasteiger partial charge is 0.438 e. The molecule has 2 heterocycles. The van der Waals surface area contributed by atoms with Crippen LogP contribution in [-0.4, -0.2) is 113 Å². The zero-order valence-corrected chi connectivity index (χ0v) is 32.7. The SMILES string of the molecule is CCCCCCCCCCC(=O)N[C@H]1C(CO)OCC(NC(=O)Nc2cccc(C(F)(F)F)c2)C1O[C@H]1OC(CO)[C@H](O)C(O)C1OC(=O)Nc1cccc(C(F)(F)F)c1. The van der Waals surface area contributed by atoms with Gasteiger partial charge in [0.1, 0.15) is 30.5 Å². The second-order valence-electron chi connectivity index (χ2n) is 14.5. The second-order valence-corrected chi connectivity index (χ2v) is 14.5. The normalized spacial score (nSPS) is 25.9. The smallest absolute Gasteiger partial charge is 0.416 e. The molecule has 0 aromatic heterocycles. The minimum atomic E-state index is -4.76. The number of hydrogen-bond donors (Lipinski definition) is 8. The summed E-state index contributed by atoms with van der Waals surface area (Å²) in [4.78, 5) is 39.7. The average molecular weight is 867 g/mol. The van der Waals surface area contributed by atoms with Gasteiger partial charge >= 0.3 is 24.5 Å². The van der Waals surface area contributed by atoms with Crippen molar-refractivity contribution in [1.82, 2.24) is 10.6 Å². The highest BCUT2D eigenvalue weighted by atomic mass is 19.4. The van der Waals surface area contributed by atoms with Crippen molar-refractivity contribution in [3.8, 4) is 0 Å². The molecule has 2 aliphatic heterocycles. The highest BCUT2D eigenvalue weighted by Gasteiger charge is 2.51. The number of carbonyl (C=O) groups excluding carboxylic acids is 3. The van der Waals surface area contributed by atoms with Crippen LogP contribution in [0.3, 0.4) is 0 Å². The third-order valence-electron chi connectivity index (χ3n) is 9.97. The summed E-state index contributed by atoms with van der Waals surface area (Å²) in [5, 5.41) is 51.7. The van der Waals surface area contributed by atoms with Gasteiger partial charge in [0.25, 0.3) is 0 Å². The molecule has 6 unspecified atom stereocenters. The number of unbranched alkanes of at least 4 members (excludes halogenated alkanes) is 7. The van der Waals surface area contributed by atoms with Gasteiger partial charge in [-0.1, -0.05) is 64.0 Å². The summed E-state index contributed by atoms with van der Waals surface area (Å²) in [5.74, 6) is -0.516. The summed E-state index contributed by atoms with van der Waals surface area (Å²) >= 11 is 0. The first-order valence-electron chi connectivity index (χ1n) is 19.6. The van der Waals surface area contributed by atoms with Crippen molar-refractivity contribution in [2.75, 3.05) is 30.5 Å². The van der Waals surface area contributed by atoms with Crippen molar-refractivity contribution in [2.24, 2.45) is 0 Å². The number of urea groups is 1. The number of anilines is 2. The summed E-state index contributed by atoms with van der Waals surface area (Å²) in [5.41, 5.74) is -2.77.